The summed E-state index contributed by atoms with van der Waals surface area (Å²) < 4.78 is 25.4. The van der Waals surface area contributed by atoms with Gasteiger partial charge < -0.3 is 5.32 Å². The van der Waals surface area contributed by atoms with Gasteiger partial charge in [-0.2, -0.15) is 0 Å². The lowest BCUT2D eigenvalue weighted by atomic mass is 9.90. The fourth-order valence-electron chi connectivity index (χ4n) is 3.39. The molecule has 6 heteroatoms. The Hall–Kier alpha value is -1.40. The molecule has 1 saturated heterocycles. The lowest BCUT2D eigenvalue weighted by Gasteiger charge is -2.32. The number of piperidine rings is 1. The Morgan fingerprint density at radius 2 is 1.84 bits per heavy atom. The average Bonchev–Trinajstić information content (AvgIpc) is 2.60. The normalized spacial score (nSPS) is 18.3. The average molecular weight is 367 g/mol. The van der Waals surface area contributed by atoms with Crippen LogP contribution in [0.15, 0.2) is 24.3 Å². The van der Waals surface area contributed by atoms with E-state index >= 15 is 0 Å². The van der Waals surface area contributed by atoms with Gasteiger partial charge in [-0.05, 0) is 43.7 Å². The SMILES string of the molecule is CCS(=O)(=O)N1CCC(C(=O)N[C@H](c2ccccc2C)C(C)C)CC1. The molecule has 1 aromatic carbocycles. The van der Waals surface area contributed by atoms with Gasteiger partial charge in [-0.25, -0.2) is 12.7 Å². The number of rotatable bonds is 6. The van der Waals surface area contributed by atoms with Crippen molar-refractivity contribution in [3.05, 3.63) is 35.4 Å². The van der Waals surface area contributed by atoms with Gasteiger partial charge in [0.1, 0.15) is 0 Å². The van der Waals surface area contributed by atoms with E-state index in [0.717, 1.165) is 5.56 Å². The molecular formula is C19H30N2O3S. The molecule has 5 nitrogen and oxygen atoms in total. The molecule has 1 N–H and O–H groups in total. The van der Waals surface area contributed by atoms with Gasteiger partial charge in [0.05, 0.1) is 11.8 Å². The van der Waals surface area contributed by atoms with Gasteiger partial charge in [-0.1, -0.05) is 38.1 Å². The van der Waals surface area contributed by atoms with Gasteiger partial charge in [0, 0.05) is 19.0 Å². The molecule has 0 bridgehead atoms. The van der Waals surface area contributed by atoms with Crippen molar-refractivity contribution in [1.82, 2.24) is 9.62 Å². The number of aryl methyl sites for hydroxylation is 1. The van der Waals surface area contributed by atoms with Gasteiger partial charge in [-0.15, -0.1) is 0 Å². The van der Waals surface area contributed by atoms with Crippen LogP contribution in [0.2, 0.25) is 0 Å². The summed E-state index contributed by atoms with van der Waals surface area (Å²) in [6, 6.07) is 8.10. The molecule has 1 atom stereocenters. The van der Waals surface area contributed by atoms with Crippen molar-refractivity contribution in [1.29, 1.82) is 0 Å². The molecule has 25 heavy (non-hydrogen) atoms. The summed E-state index contributed by atoms with van der Waals surface area (Å²) in [5.74, 6) is 0.321. The van der Waals surface area contributed by atoms with Crippen LogP contribution in [-0.2, 0) is 14.8 Å². The summed E-state index contributed by atoms with van der Waals surface area (Å²) in [4.78, 5) is 12.7. The minimum Gasteiger partial charge on any atom is -0.349 e. The molecule has 1 amide bonds. The Morgan fingerprint density at radius 1 is 1.24 bits per heavy atom. The molecule has 0 unspecified atom stereocenters. The number of nitrogens with one attached hydrogen (secondary N) is 1. The third-order valence-corrected chi connectivity index (χ3v) is 6.95. The molecule has 1 aromatic rings. The Labute approximate surface area is 151 Å². The Balaban J connectivity index is 2.02. The first kappa shape index (κ1) is 19.9. The third-order valence-electron chi connectivity index (χ3n) is 5.07. The first-order chi connectivity index (χ1) is 11.8. The largest absolute Gasteiger partial charge is 0.349 e. The molecule has 1 aliphatic rings. The minimum absolute atomic E-state index is 0.0221. The van der Waals surface area contributed by atoms with E-state index in [4.69, 9.17) is 0 Å². The molecular weight excluding hydrogens is 336 g/mol. The predicted molar refractivity (Wildman–Crippen MR) is 101 cm³/mol. The van der Waals surface area contributed by atoms with Gasteiger partial charge >= 0.3 is 0 Å². The van der Waals surface area contributed by atoms with E-state index in [0.29, 0.717) is 25.9 Å². The van der Waals surface area contributed by atoms with Crippen LogP contribution in [0.25, 0.3) is 0 Å². The molecule has 1 aliphatic heterocycles. The predicted octanol–water partition coefficient (Wildman–Crippen LogP) is 2.87. The maximum absolute atomic E-state index is 12.7. The number of amides is 1. The summed E-state index contributed by atoms with van der Waals surface area (Å²) in [6.07, 6.45) is 1.17. The zero-order valence-corrected chi connectivity index (χ0v) is 16.5. The van der Waals surface area contributed by atoms with Gasteiger partial charge in [-0.3, -0.25) is 4.79 Å². The monoisotopic (exact) mass is 366 g/mol. The van der Waals surface area contributed by atoms with E-state index in [2.05, 4.69) is 38.2 Å². The number of carbonyl (C=O) groups excluding carboxylic acids is 1. The first-order valence-corrected chi connectivity index (χ1v) is 10.7. The van der Waals surface area contributed by atoms with Gasteiger partial charge in [0.2, 0.25) is 15.9 Å². The van der Waals surface area contributed by atoms with Crippen LogP contribution in [-0.4, -0.2) is 37.5 Å². The first-order valence-electron chi connectivity index (χ1n) is 9.10. The molecule has 1 fully saturated rings. The highest BCUT2D eigenvalue weighted by Gasteiger charge is 2.31. The number of hydrogen-bond acceptors (Lipinski definition) is 3. The molecule has 0 aliphatic carbocycles. The molecule has 2 rings (SSSR count). The summed E-state index contributed by atoms with van der Waals surface area (Å²) in [7, 11) is -3.15. The second-order valence-electron chi connectivity index (χ2n) is 7.16. The topological polar surface area (TPSA) is 66.5 Å². The number of hydrogen-bond donors (Lipinski definition) is 1. The minimum atomic E-state index is -3.15. The summed E-state index contributed by atoms with van der Waals surface area (Å²) >= 11 is 0. The summed E-state index contributed by atoms with van der Waals surface area (Å²) in [5, 5.41) is 3.20. The van der Waals surface area contributed by atoms with Crippen molar-refractivity contribution in [3.8, 4) is 0 Å². The highest BCUT2D eigenvalue weighted by Crippen LogP contribution is 2.27. The number of benzene rings is 1. The van der Waals surface area contributed by atoms with E-state index in [1.54, 1.807) is 6.92 Å². The lowest BCUT2D eigenvalue weighted by Crippen LogP contribution is -2.44. The highest BCUT2D eigenvalue weighted by atomic mass is 32.2. The van der Waals surface area contributed by atoms with Crippen LogP contribution in [0.1, 0.15) is 50.8 Å². The Morgan fingerprint density at radius 3 is 2.36 bits per heavy atom. The van der Waals surface area contributed by atoms with Gasteiger partial charge in [0.25, 0.3) is 0 Å². The fraction of sp³-hybridized carbons (Fsp3) is 0.632. The smallest absolute Gasteiger partial charge is 0.223 e. The molecule has 0 radical (unpaired) electrons. The number of nitrogens with zero attached hydrogens (tertiary/aromatic N) is 1. The molecule has 140 valence electrons. The van der Waals surface area contributed by atoms with Crippen LogP contribution >= 0.6 is 0 Å². The van der Waals surface area contributed by atoms with Crippen molar-refractivity contribution >= 4 is 15.9 Å². The summed E-state index contributed by atoms with van der Waals surface area (Å²) in [5.41, 5.74) is 2.32. The number of carbonyl (C=O) groups is 1. The van der Waals surface area contributed by atoms with E-state index in [1.807, 2.05) is 12.1 Å². The number of sulfonamides is 1. The molecule has 0 spiro atoms. The van der Waals surface area contributed by atoms with Crippen LogP contribution in [0.5, 0.6) is 0 Å². The van der Waals surface area contributed by atoms with Crippen molar-refractivity contribution in [2.45, 2.75) is 46.6 Å². The lowest BCUT2D eigenvalue weighted by molar-refractivity contribution is -0.127. The maximum Gasteiger partial charge on any atom is 0.223 e. The second-order valence-corrected chi connectivity index (χ2v) is 9.42. The zero-order chi connectivity index (χ0) is 18.6. The van der Waals surface area contributed by atoms with E-state index < -0.39 is 10.0 Å². The zero-order valence-electron chi connectivity index (χ0n) is 15.7. The van der Waals surface area contributed by atoms with Crippen molar-refractivity contribution in [2.24, 2.45) is 11.8 Å². The van der Waals surface area contributed by atoms with Crippen LogP contribution < -0.4 is 5.32 Å². The maximum atomic E-state index is 12.7. The van der Waals surface area contributed by atoms with E-state index in [-0.39, 0.29) is 29.5 Å². The standard InChI is InChI=1S/C19H30N2O3S/c1-5-25(23,24)21-12-10-16(11-13-21)19(22)20-18(14(2)3)17-9-7-6-8-15(17)4/h6-9,14,16,18H,5,10-13H2,1-4H3,(H,20,22)/t18-/m0/s1. The highest BCUT2D eigenvalue weighted by molar-refractivity contribution is 7.89. The van der Waals surface area contributed by atoms with Crippen LogP contribution in [0.4, 0.5) is 0 Å². The quantitative estimate of drug-likeness (QED) is 0.842. The van der Waals surface area contributed by atoms with E-state index in [1.165, 1.54) is 9.87 Å². The second kappa shape index (κ2) is 8.32. The summed E-state index contributed by atoms with van der Waals surface area (Å²) in [6.45, 7) is 8.80. The Kier molecular flexibility index (Phi) is 6.63. The van der Waals surface area contributed by atoms with Gasteiger partial charge in [0.15, 0.2) is 0 Å². The Bertz CT molecular complexity index is 692. The van der Waals surface area contributed by atoms with Crippen molar-refractivity contribution in [2.75, 3.05) is 18.8 Å². The van der Waals surface area contributed by atoms with Crippen LogP contribution in [0, 0.1) is 18.8 Å². The van der Waals surface area contributed by atoms with Crippen molar-refractivity contribution < 1.29 is 13.2 Å². The molecule has 0 saturated carbocycles. The molecule has 1 heterocycles. The third kappa shape index (κ3) is 4.82. The van der Waals surface area contributed by atoms with Crippen molar-refractivity contribution in [3.63, 3.8) is 0 Å². The molecule has 0 aromatic heterocycles. The van der Waals surface area contributed by atoms with E-state index in [9.17, 15) is 13.2 Å². The van der Waals surface area contributed by atoms with Crippen LogP contribution in [0.3, 0.4) is 0 Å². The fourth-order valence-corrected chi connectivity index (χ4v) is 4.52.